The molecule has 2 aromatic rings. The van der Waals surface area contributed by atoms with Gasteiger partial charge in [0.05, 0.1) is 6.04 Å². The summed E-state index contributed by atoms with van der Waals surface area (Å²) >= 11 is 0. The van der Waals surface area contributed by atoms with Gasteiger partial charge in [-0.25, -0.2) is 0 Å². The highest BCUT2D eigenvalue weighted by Crippen LogP contribution is 2.06. The SMILES string of the molecule is CC(=O)C(C)N(C/C=C/c1ccccc1)C/C=C/c1ccccc1. The zero-order chi connectivity index (χ0) is 17.2. The Balaban J connectivity index is 1.98. The molecule has 0 N–H and O–H groups in total. The molecule has 0 aromatic heterocycles. The van der Waals surface area contributed by atoms with Gasteiger partial charge in [-0.3, -0.25) is 9.69 Å². The Morgan fingerprint density at radius 2 is 1.29 bits per heavy atom. The van der Waals surface area contributed by atoms with Crippen LogP contribution in [0.1, 0.15) is 25.0 Å². The molecule has 0 amide bonds. The summed E-state index contributed by atoms with van der Waals surface area (Å²) in [4.78, 5) is 13.9. The molecule has 1 atom stereocenters. The Bertz CT molecular complexity index is 622. The number of carbonyl (C=O) groups excluding carboxylic acids is 1. The minimum atomic E-state index is -0.0918. The highest BCUT2D eigenvalue weighted by molar-refractivity contribution is 5.81. The van der Waals surface area contributed by atoms with Crippen molar-refractivity contribution in [2.24, 2.45) is 0 Å². The molecule has 0 radical (unpaired) electrons. The lowest BCUT2D eigenvalue weighted by molar-refractivity contribution is -0.121. The van der Waals surface area contributed by atoms with Crippen molar-refractivity contribution in [2.75, 3.05) is 13.1 Å². The number of nitrogens with zero attached hydrogens (tertiary/aromatic N) is 1. The second-order valence-electron chi connectivity index (χ2n) is 5.87. The van der Waals surface area contributed by atoms with E-state index in [1.807, 2.05) is 43.3 Å². The van der Waals surface area contributed by atoms with Gasteiger partial charge in [0.25, 0.3) is 0 Å². The van der Waals surface area contributed by atoms with E-state index in [-0.39, 0.29) is 11.8 Å². The lowest BCUT2D eigenvalue weighted by atomic mass is 10.1. The third-order valence-corrected chi connectivity index (χ3v) is 4.04. The minimum absolute atomic E-state index is 0.0918. The summed E-state index contributed by atoms with van der Waals surface area (Å²) < 4.78 is 0. The fourth-order valence-electron chi connectivity index (χ4n) is 2.42. The zero-order valence-corrected chi connectivity index (χ0v) is 14.4. The Kier molecular flexibility index (Phi) is 7.19. The third-order valence-electron chi connectivity index (χ3n) is 4.04. The standard InChI is InChI=1S/C22H25NO/c1-19(20(2)24)23(17-9-15-21-11-5-3-6-12-21)18-10-16-22-13-7-4-8-14-22/h3-16,19H,17-18H2,1-2H3/b15-9+,16-10+. The monoisotopic (exact) mass is 319 g/mol. The second kappa shape index (κ2) is 9.64. The summed E-state index contributed by atoms with van der Waals surface area (Å²) in [7, 11) is 0. The van der Waals surface area contributed by atoms with Crippen LogP contribution in [0.5, 0.6) is 0 Å². The van der Waals surface area contributed by atoms with Gasteiger partial charge < -0.3 is 0 Å². The molecule has 24 heavy (non-hydrogen) atoms. The normalized spacial score (nSPS) is 13.0. The van der Waals surface area contributed by atoms with Crippen LogP contribution >= 0.6 is 0 Å². The summed E-state index contributed by atoms with van der Waals surface area (Å²) in [5, 5.41) is 0. The van der Waals surface area contributed by atoms with Gasteiger partial charge in [-0.15, -0.1) is 0 Å². The van der Waals surface area contributed by atoms with Crippen molar-refractivity contribution in [3.63, 3.8) is 0 Å². The van der Waals surface area contributed by atoms with Gasteiger partial charge in [0, 0.05) is 13.1 Å². The number of hydrogen-bond donors (Lipinski definition) is 0. The highest BCUT2D eigenvalue weighted by Gasteiger charge is 2.15. The lowest BCUT2D eigenvalue weighted by Gasteiger charge is -2.24. The molecule has 124 valence electrons. The van der Waals surface area contributed by atoms with Crippen molar-refractivity contribution in [2.45, 2.75) is 19.9 Å². The largest absolute Gasteiger partial charge is 0.298 e. The third kappa shape index (κ3) is 5.98. The Morgan fingerprint density at radius 3 is 1.67 bits per heavy atom. The van der Waals surface area contributed by atoms with Crippen LogP contribution in [0.25, 0.3) is 12.2 Å². The van der Waals surface area contributed by atoms with E-state index >= 15 is 0 Å². The first-order valence-electron chi connectivity index (χ1n) is 8.34. The molecular weight excluding hydrogens is 294 g/mol. The average Bonchev–Trinajstić information content (AvgIpc) is 2.61. The van der Waals surface area contributed by atoms with Crippen molar-refractivity contribution in [3.05, 3.63) is 83.9 Å². The van der Waals surface area contributed by atoms with Crippen molar-refractivity contribution < 1.29 is 4.79 Å². The van der Waals surface area contributed by atoms with Gasteiger partial charge in [-0.05, 0) is 25.0 Å². The van der Waals surface area contributed by atoms with E-state index in [2.05, 4.69) is 53.5 Å². The summed E-state index contributed by atoms with van der Waals surface area (Å²) in [6.45, 7) is 5.11. The topological polar surface area (TPSA) is 20.3 Å². The molecule has 0 aliphatic heterocycles. The van der Waals surface area contributed by atoms with Crippen molar-refractivity contribution in [3.8, 4) is 0 Å². The summed E-state index contributed by atoms with van der Waals surface area (Å²) in [5.74, 6) is 0.191. The molecule has 0 fully saturated rings. The zero-order valence-electron chi connectivity index (χ0n) is 14.4. The minimum Gasteiger partial charge on any atom is -0.298 e. The van der Waals surface area contributed by atoms with Crippen LogP contribution < -0.4 is 0 Å². The molecule has 0 aliphatic rings. The summed E-state index contributed by atoms with van der Waals surface area (Å²) in [6.07, 6.45) is 8.43. The number of hydrogen-bond acceptors (Lipinski definition) is 2. The first kappa shape index (κ1) is 17.9. The molecule has 2 nitrogen and oxygen atoms in total. The van der Waals surface area contributed by atoms with Gasteiger partial charge in [-0.2, -0.15) is 0 Å². The predicted octanol–water partition coefficient (Wildman–Crippen LogP) is 4.69. The molecule has 0 spiro atoms. The molecule has 2 heteroatoms. The van der Waals surface area contributed by atoms with Crippen LogP contribution in [0.2, 0.25) is 0 Å². The van der Waals surface area contributed by atoms with Gasteiger partial charge in [0.2, 0.25) is 0 Å². The predicted molar refractivity (Wildman–Crippen MR) is 103 cm³/mol. The molecule has 0 saturated carbocycles. The molecule has 1 unspecified atom stereocenters. The number of benzene rings is 2. The molecule has 2 rings (SSSR count). The van der Waals surface area contributed by atoms with E-state index in [0.717, 1.165) is 13.1 Å². The number of Topliss-reactive ketones (excluding diaryl/α,β-unsaturated/α-hetero) is 1. The summed E-state index contributed by atoms with van der Waals surface area (Å²) in [5.41, 5.74) is 2.35. The van der Waals surface area contributed by atoms with E-state index < -0.39 is 0 Å². The smallest absolute Gasteiger partial charge is 0.146 e. The van der Waals surface area contributed by atoms with Crippen molar-refractivity contribution in [1.82, 2.24) is 4.90 Å². The maximum Gasteiger partial charge on any atom is 0.146 e. The van der Waals surface area contributed by atoms with E-state index in [1.54, 1.807) is 6.92 Å². The van der Waals surface area contributed by atoms with Crippen LogP contribution in [0.3, 0.4) is 0 Å². The van der Waals surface area contributed by atoms with Crippen LogP contribution in [0, 0.1) is 0 Å². The van der Waals surface area contributed by atoms with Gasteiger partial charge in [0.15, 0.2) is 0 Å². The Labute approximate surface area is 145 Å². The molecule has 0 bridgehead atoms. The molecule has 0 saturated heterocycles. The Hall–Kier alpha value is -2.45. The lowest BCUT2D eigenvalue weighted by Crippen LogP contribution is -2.38. The first-order valence-corrected chi connectivity index (χ1v) is 8.34. The Morgan fingerprint density at radius 1 is 0.875 bits per heavy atom. The fourth-order valence-corrected chi connectivity index (χ4v) is 2.42. The number of carbonyl (C=O) groups is 1. The van der Waals surface area contributed by atoms with E-state index in [1.165, 1.54) is 11.1 Å². The van der Waals surface area contributed by atoms with Crippen LogP contribution in [-0.2, 0) is 4.79 Å². The van der Waals surface area contributed by atoms with Gasteiger partial charge >= 0.3 is 0 Å². The maximum atomic E-state index is 11.8. The first-order chi connectivity index (χ1) is 11.7. The summed E-state index contributed by atoms with van der Waals surface area (Å²) in [6, 6.07) is 20.3. The van der Waals surface area contributed by atoms with Crippen LogP contribution in [0.4, 0.5) is 0 Å². The highest BCUT2D eigenvalue weighted by atomic mass is 16.1. The average molecular weight is 319 g/mol. The van der Waals surface area contributed by atoms with Gasteiger partial charge in [0.1, 0.15) is 5.78 Å². The second-order valence-corrected chi connectivity index (χ2v) is 5.87. The van der Waals surface area contributed by atoms with Gasteiger partial charge in [-0.1, -0.05) is 85.0 Å². The van der Waals surface area contributed by atoms with E-state index in [4.69, 9.17) is 0 Å². The van der Waals surface area contributed by atoms with E-state index in [9.17, 15) is 4.79 Å². The van der Waals surface area contributed by atoms with Crippen LogP contribution in [-0.4, -0.2) is 29.8 Å². The van der Waals surface area contributed by atoms with E-state index in [0.29, 0.717) is 0 Å². The number of rotatable bonds is 8. The molecular formula is C22H25NO. The quantitative estimate of drug-likeness (QED) is 0.703. The van der Waals surface area contributed by atoms with Crippen LogP contribution in [0.15, 0.2) is 72.8 Å². The molecule has 2 aromatic carbocycles. The number of ketones is 1. The van der Waals surface area contributed by atoms with Crippen molar-refractivity contribution >= 4 is 17.9 Å². The molecule has 0 heterocycles. The fraction of sp³-hybridized carbons (Fsp3) is 0.227. The molecule has 0 aliphatic carbocycles. The van der Waals surface area contributed by atoms with Crippen molar-refractivity contribution in [1.29, 1.82) is 0 Å². The maximum absolute atomic E-state index is 11.8.